The van der Waals surface area contributed by atoms with E-state index in [2.05, 4.69) is 20.2 Å². The molecule has 0 fully saturated rings. The van der Waals surface area contributed by atoms with Gasteiger partial charge in [0.05, 0.1) is 23.7 Å². The van der Waals surface area contributed by atoms with E-state index < -0.39 is 28.3 Å². The summed E-state index contributed by atoms with van der Waals surface area (Å²) in [5, 5.41) is 9.78. The maximum atomic E-state index is 13.2. The lowest BCUT2D eigenvalue weighted by molar-refractivity contribution is -0.120. The normalized spacial score (nSPS) is 13.7. The zero-order chi connectivity index (χ0) is 18.0. The molecule has 1 aromatic carbocycles. The number of hydrogen-bond donors (Lipinski definition) is 3. The van der Waals surface area contributed by atoms with Crippen molar-refractivity contribution in [1.82, 2.24) is 20.2 Å². The lowest BCUT2D eigenvalue weighted by Crippen LogP contribution is -2.36. The number of aromatic nitrogens is 2. The van der Waals surface area contributed by atoms with E-state index in [0.717, 1.165) is 48.3 Å². The van der Waals surface area contributed by atoms with Crippen LogP contribution in [-0.2, 0) is 34.2 Å². The van der Waals surface area contributed by atoms with Gasteiger partial charge in [-0.25, -0.2) is 17.5 Å². The Balaban J connectivity index is 1.55. The van der Waals surface area contributed by atoms with Crippen molar-refractivity contribution >= 4 is 15.9 Å². The molecule has 2 aromatic rings. The molecule has 25 heavy (non-hydrogen) atoms. The Hall–Kier alpha value is -2.26. The van der Waals surface area contributed by atoms with Crippen molar-refractivity contribution in [3.8, 4) is 0 Å². The Bertz CT molecular complexity index is 908. The fourth-order valence-electron chi connectivity index (χ4n) is 2.81. The molecule has 1 aliphatic carbocycles. The quantitative estimate of drug-likeness (QED) is 0.708. The van der Waals surface area contributed by atoms with E-state index in [9.17, 15) is 17.6 Å². The van der Waals surface area contributed by atoms with E-state index in [1.807, 2.05) is 0 Å². The monoisotopic (exact) mass is 366 g/mol. The van der Waals surface area contributed by atoms with E-state index >= 15 is 0 Å². The summed E-state index contributed by atoms with van der Waals surface area (Å²) in [4.78, 5) is 11.8. The number of rotatable bonds is 6. The Morgan fingerprint density at radius 1 is 1.36 bits per heavy atom. The average Bonchev–Trinajstić information content (AvgIpc) is 3.17. The van der Waals surface area contributed by atoms with Crippen molar-refractivity contribution in [2.75, 3.05) is 6.54 Å². The number of halogens is 1. The van der Waals surface area contributed by atoms with E-state index in [-0.39, 0.29) is 17.0 Å². The fourth-order valence-corrected chi connectivity index (χ4v) is 3.87. The van der Waals surface area contributed by atoms with Gasteiger partial charge in [0.25, 0.3) is 0 Å². The molecule has 3 rings (SSSR count). The zero-order valence-corrected chi connectivity index (χ0v) is 14.5. The molecule has 7 nitrogen and oxygen atoms in total. The standard InChI is InChI=1S/C16H19FN4O3S/c1-10-7-11(5-6-13(10)17)25(23,24)19-9-16(22)18-8-15-12-3-2-4-14(12)20-21-15/h5-7,19H,2-4,8-9H2,1H3,(H,18,22)(H,20,21). The van der Waals surface area contributed by atoms with E-state index in [4.69, 9.17) is 0 Å². The molecule has 1 aliphatic rings. The predicted molar refractivity (Wildman–Crippen MR) is 88.8 cm³/mol. The summed E-state index contributed by atoms with van der Waals surface area (Å²) in [7, 11) is -3.88. The van der Waals surface area contributed by atoms with Gasteiger partial charge in [0.2, 0.25) is 15.9 Å². The fraction of sp³-hybridized carbons (Fsp3) is 0.375. The predicted octanol–water partition coefficient (Wildman–Crippen LogP) is 0.941. The van der Waals surface area contributed by atoms with Crippen LogP contribution < -0.4 is 10.0 Å². The highest BCUT2D eigenvalue weighted by atomic mass is 32.2. The van der Waals surface area contributed by atoms with E-state index in [1.165, 1.54) is 13.0 Å². The van der Waals surface area contributed by atoms with E-state index in [0.29, 0.717) is 0 Å². The van der Waals surface area contributed by atoms with Crippen molar-refractivity contribution < 1.29 is 17.6 Å². The van der Waals surface area contributed by atoms with Crippen LogP contribution in [0.25, 0.3) is 0 Å². The molecule has 0 aliphatic heterocycles. The van der Waals surface area contributed by atoms with Gasteiger partial charge in [-0.2, -0.15) is 5.10 Å². The van der Waals surface area contributed by atoms with Crippen LogP contribution in [0.15, 0.2) is 23.1 Å². The van der Waals surface area contributed by atoms with Gasteiger partial charge in [0, 0.05) is 5.69 Å². The molecule has 3 N–H and O–H groups in total. The number of amides is 1. The molecule has 1 amide bonds. The summed E-state index contributed by atoms with van der Waals surface area (Å²) in [5.41, 5.74) is 3.26. The summed E-state index contributed by atoms with van der Waals surface area (Å²) in [5.74, 6) is -0.944. The smallest absolute Gasteiger partial charge is 0.241 e. The minimum absolute atomic E-state index is 0.0793. The number of fused-ring (bicyclic) bond motifs is 1. The molecule has 0 atom stereocenters. The third-order valence-electron chi connectivity index (χ3n) is 4.21. The van der Waals surface area contributed by atoms with Crippen molar-refractivity contribution in [3.05, 3.63) is 46.5 Å². The summed E-state index contributed by atoms with van der Waals surface area (Å²) in [6.07, 6.45) is 2.97. The molecule has 9 heteroatoms. The van der Waals surface area contributed by atoms with Gasteiger partial charge < -0.3 is 5.32 Å². The second-order valence-corrected chi connectivity index (χ2v) is 7.76. The first-order valence-corrected chi connectivity index (χ1v) is 9.42. The van der Waals surface area contributed by atoms with Crippen molar-refractivity contribution in [3.63, 3.8) is 0 Å². The molecule has 0 saturated carbocycles. The highest BCUT2D eigenvalue weighted by Gasteiger charge is 2.19. The number of carbonyl (C=O) groups excluding carboxylic acids is 1. The maximum Gasteiger partial charge on any atom is 0.241 e. The van der Waals surface area contributed by atoms with E-state index in [1.54, 1.807) is 0 Å². The summed E-state index contributed by atoms with van der Waals surface area (Å²) in [6.45, 7) is 1.33. The highest BCUT2D eigenvalue weighted by molar-refractivity contribution is 7.89. The van der Waals surface area contributed by atoms with Crippen LogP contribution in [-0.4, -0.2) is 31.1 Å². The molecule has 1 heterocycles. The van der Waals surface area contributed by atoms with Gasteiger partial charge >= 0.3 is 0 Å². The van der Waals surface area contributed by atoms with Gasteiger partial charge in [-0.3, -0.25) is 9.89 Å². The van der Waals surface area contributed by atoms with Crippen LogP contribution in [0.1, 0.15) is 28.9 Å². The minimum atomic E-state index is -3.88. The SMILES string of the molecule is Cc1cc(S(=O)(=O)NCC(=O)NCc2n[nH]c3c2CCC3)ccc1F. The number of nitrogens with one attached hydrogen (secondary N) is 3. The van der Waals surface area contributed by atoms with Gasteiger partial charge in [-0.15, -0.1) is 0 Å². The topological polar surface area (TPSA) is 104 Å². The average molecular weight is 366 g/mol. The van der Waals surface area contributed by atoms with Crippen molar-refractivity contribution in [2.45, 2.75) is 37.6 Å². The van der Waals surface area contributed by atoms with Crippen LogP contribution >= 0.6 is 0 Å². The highest BCUT2D eigenvalue weighted by Crippen LogP contribution is 2.22. The summed E-state index contributed by atoms with van der Waals surface area (Å²) >= 11 is 0. The molecule has 0 bridgehead atoms. The molecular formula is C16H19FN4O3S. The van der Waals surface area contributed by atoms with Gasteiger partial charge in [-0.1, -0.05) is 0 Å². The van der Waals surface area contributed by atoms with Gasteiger partial charge in [0.15, 0.2) is 0 Å². The number of H-pyrrole nitrogens is 1. The molecule has 134 valence electrons. The lowest BCUT2D eigenvalue weighted by atomic mass is 10.2. The van der Waals surface area contributed by atoms with Crippen LogP contribution in [0, 0.1) is 12.7 Å². The molecule has 0 saturated heterocycles. The molecule has 1 aromatic heterocycles. The maximum absolute atomic E-state index is 13.2. The Morgan fingerprint density at radius 3 is 2.92 bits per heavy atom. The number of nitrogens with zero attached hydrogens (tertiary/aromatic N) is 1. The Kier molecular flexibility index (Phi) is 4.87. The number of sulfonamides is 1. The van der Waals surface area contributed by atoms with Crippen LogP contribution in [0.4, 0.5) is 4.39 Å². The Labute approximate surface area is 145 Å². The first kappa shape index (κ1) is 17.6. The first-order valence-electron chi connectivity index (χ1n) is 7.94. The lowest BCUT2D eigenvalue weighted by Gasteiger charge is -2.08. The Morgan fingerprint density at radius 2 is 2.16 bits per heavy atom. The number of carbonyl (C=O) groups is 1. The molecule has 0 radical (unpaired) electrons. The number of aryl methyl sites for hydroxylation is 2. The second kappa shape index (κ2) is 6.93. The van der Waals surface area contributed by atoms with Crippen molar-refractivity contribution in [1.29, 1.82) is 0 Å². The molecule has 0 spiro atoms. The van der Waals surface area contributed by atoms with Crippen LogP contribution in [0.5, 0.6) is 0 Å². The third kappa shape index (κ3) is 3.88. The minimum Gasteiger partial charge on any atom is -0.349 e. The van der Waals surface area contributed by atoms with Gasteiger partial charge in [-0.05, 0) is 55.5 Å². The molecule has 0 unspecified atom stereocenters. The van der Waals surface area contributed by atoms with Crippen LogP contribution in [0.3, 0.4) is 0 Å². The zero-order valence-electron chi connectivity index (χ0n) is 13.7. The third-order valence-corrected chi connectivity index (χ3v) is 5.61. The van der Waals surface area contributed by atoms with Gasteiger partial charge in [0.1, 0.15) is 5.82 Å². The summed E-state index contributed by atoms with van der Waals surface area (Å²) in [6, 6.07) is 3.47. The van der Waals surface area contributed by atoms with Crippen LogP contribution in [0.2, 0.25) is 0 Å². The number of aromatic amines is 1. The largest absolute Gasteiger partial charge is 0.349 e. The summed E-state index contributed by atoms with van der Waals surface area (Å²) < 4.78 is 39.8. The molecular weight excluding hydrogens is 347 g/mol. The first-order chi connectivity index (χ1) is 11.9. The van der Waals surface area contributed by atoms with Crippen molar-refractivity contribution in [2.24, 2.45) is 0 Å². The number of benzene rings is 1. The second-order valence-electron chi connectivity index (χ2n) is 5.99. The number of hydrogen-bond acceptors (Lipinski definition) is 4.